The van der Waals surface area contributed by atoms with Gasteiger partial charge in [0.1, 0.15) is 0 Å². The van der Waals surface area contributed by atoms with Crippen LogP contribution in [0.3, 0.4) is 0 Å². The monoisotopic (exact) mass is 576 g/mol. The maximum atomic E-state index is 13.1. The van der Waals surface area contributed by atoms with Crippen LogP contribution in [0.1, 0.15) is 43.9 Å². The van der Waals surface area contributed by atoms with Crippen LogP contribution in [0.25, 0.3) is 21.8 Å². The molecule has 1 aliphatic rings. The Hall–Kier alpha value is -3.60. The molecule has 5 rings (SSSR count). The third-order valence-corrected chi connectivity index (χ3v) is 8.27. The summed E-state index contributed by atoms with van der Waals surface area (Å²) in [4.78, 5) is 31.0. The van der Waals surface area contributed by atoms with Gasteiger partial charge in [-0.05, 0) is 67.5 Å². The van der Waals surface area contributed by atoms with E-state index in [9.17, 15) is 14.9 Å². The van der Waals surface area contributed by atoms with Gasteiger partial charge in [0.2, 0.25) is 0 Å². The molecule has 0 spiro atoms. The van der Waals surface area contributed by atoms with Crippen molar-refractivity contribution in [1.82, 2.24) is 14.5 Å². The van der Waals surface area contributed by atoms with Gasteiger partial charge in [-0.25, -0.2) is 0 Å². The second-order valence-electron chi connectivity index (χ2n) is 10.4. The van der Waals surface area contributed by atoms with E-state index < -0.39 is 5.97 Å². The van der Waals surface area contributed by atoms with E-state index >= 15 is 0 Å². The topological polar surface area (TPSA) is 88.2 Å². The van der Waals surface area contributed by atoms with E-state index in [1.165, 1.54) is 6.92 Å². The number of carbonyl (C=O) groups is 2. The molecule has 1 aliphatic carbocycles. The van der Waals surface area contributed by atoms with Gasteiger partial charge < -0.3 is 14.2 Å². The summed E-state index contributed by atoms with van der Waals surface area (Å²) in [6, 6.07) is 18.0. The number of para-hydroxylation sites is 1. The Bertz CT molecular complexity index is 1600. The normalized spacial score (nSPS) is 17.1. The fourth-order valence-electron chi connectivity index (χ4n) is 5.57. The molecule has 0 atom stereocenters. The predicted molar refractivity (Wildman–Crippen MR) is 156 cm³/mol. The van der Waals surface area contributed by atoms with Gasteiger partial charge in [-0.2, -0.15) is 5.26 Å². The Balaban J connectivity index is 1.45. The molecule has 0 radical (unpaired) electrons. The molecule has 4 aromatic rings. The minimum atomic E-state index is -0.491. The molecule has 2 aromatic heterocycles. The Morgan fingerprint density at radius 2 is 1.85 bits per heavy atom. The Kier molecular flexibility index (Phi) is 8.58. The number of aromatic nitrogens is 2. The second kappa shape index (κ2) is 12.3. The van der Waals surface area contributed by atoms with E-state index in [4.69, 9.17) is 32.9 Å². The highest BCUT2D eigenvalue weighted by Crippen LogP contribution is 2.33. The van der Waals surface area contributed by atoms with Gasteiger partial charge in [0.15, 0.2) is 6.61 Å². The summed E-state index contributed by atoms with van der Waals surface area (Å²) >= 11 is 12.8. The molecule has 0 aliphatic heterocycles. The van der Waals surface area contributed by atoms with Crippen molar-refractivity contribution in [3.63, 3.8) is 0 Å². The molecule has 0 unspecified atom stereocenters. The number of hydrogen-bond donors (Lipinski definition) is 0. The molecule has 1 saturated carbocycles. The maximum absolute atomic E-state index is 13.1. The minimum Gasteiger partial charge on any atom is -0.456 e. The van der Waals surface area contributed by atoms with Gasteiger partial charge in [0, 0.05) is 52.3 Å². The molecule has 2 heterocycles. The van der Waals surface area contributed by atoms with Crippen LogP contribution in [0.2, 0.25) is 10.0 Å². The predicted octanol–water partition coefficient (Wildman–Crippen LogP) is 6.77. The lowest BCUT2D eigenvalue weighted by Crippen LogP contribution is -2.38. The van der Waals surface area contributed by atoms with E-state index in [0.29, 0.717) is 35.6 Å². The number of pyridine rings is 1. The highest BCUT2D eigenvalue weighted by atomic mass is 35.5. The first-order chi connectivity index (χ1) is 19.3. The molecule has 1 amide bonds. The van der Waals surface area contributed by atoms with Crippen molar-refractivity contribution < 1.29 is 14.3 Å². The number of halogens is 2. The third-order valence-electron chi connectivity index (χ3n) is 7.66. The van der Waals surface area contributed by atoms with Crippen LogP contribution in [0, 0.1) is 23.2 Å². The summed E-state index contributed by atoms with van der Waals surface area (Å²) in [7, 11) is 0. The number of amides is 1. The number of ether oxygens (including phenoxy) is 1. The molecule has 0 bridgehead atoms. The summed E-state index contributed by atoms with van der Waals surface area (Å²) in [6.07, 6.45) is 5.31. The maximum Gasteiger partial charge on any atom is 0.303 e. The van der Waals surface area contributed by atoms with Crippen molar-refractivity contribution in [2.45, 2.75) is 45.7 Å². The van der Waals surface area contributed by atoms with Gasteiger partial charge in [-0.1, -0.05) is 41.4 Å². The average Bonchev–Trinajstić information content (AvgIpc) is 3.26. The van der Waals surface area contributed by atoms with Crippen LogP contribution >= 0.6 is 23.2 Å². The Morgan fingerprint density at radius 3 is 2.60 bits per heavy atom. The zero-order chi connectivity index (χ0) is 28.2. The van der Waals surface area contributed by atoms with Crippen LogP contribution < -0.4 is 0 Å². The molecule has 9 heteroatoms. The van der Waals surface area contributed by atoms with E-state index in [2.05, 4.69) is 22.8 Å². The number of fused-ring (bicyclic) bond motifs is 3. The van der Waals surface area contributed by atoms with Crippen molar-refractivity contribution in [3.8, 4) is 6.07 Å². The zero-order valence-electron chi connectivity index (χ0n) is 22.3. The van der Waals surface area contributed by atoms with Crippen molar-refractivity contribution in [1.29, 1.82) is 5.26 Å². The molecule has 0 N–H and O–H groups in total. The Labute approximate surface area is 243 Å². The summed E-state index contributed by atoms with van der Waals surface area (Å²) in [5.74, 6) is -0.365. The Morgan fingerprint density at radius 1 is 1.07 bits per heavy atom. The number of hydrogen-bond acceptors (Lipinski definition) is 5. The fourth-order valence-corrected chi connectivity index (χ4v) is 5.94. The highest BCUT2D eigenvalue weighted by Gasteiger charge is 2.26. The van der Waals surface area contributed by atoms with Crippen molar-refractivity contribution in [2.24, 2.45) is 11.8 Å². The summed E-state index contributed by atoms with van der Waals surface area (Å²) < 4.78 is 7.21. The number of benzene rings is 2. The lowest BCUT2D eigenvalue weighted by Gasteiger charge is -2.31. The smallest absolute Gasteiger partial charge is 0.303 e. The number of carbonyl (C=O) groups excluding carboxylic acids is 2. The molecule has 1 fully saturated rings. The van der Waals surface area contributed by atoms with E-state index in [1.807, 2.05) is 30.5 Å². The average molecular weight is 578 g/mol. The summed E-state index contributed by atoms with van der Waals surface area (Å²) in [5.41, 5.74) is 3.66. The molecule has 2 aromatic carbocycles. The lowest BCUT2D eigenvalue weighted by molar-refractivity contribution is -0.150. The fraction of sp³-hybridized carbons (Fsp3) is 0.355. The highest BCUT2D eigenvalue weighted by molar-refractivity contribution is 6.33. The first kappa shape index (κ1) is 27.9. The molecule has 40 heavy (non-hydrogen) atoms. The van der Waals surface area contributed by atoms with Gasteiger partial charge in [-0.15, -0.1) is 0 Å². The largest absolute Gasteiger partial charge is 0.456 e. The number of esters is 1. The van der Waals surface area contributed by atoms with Crippen molar-refractivity contribution in [3.05, 3.63) is 76.0 Å². The van der Waals surface area contributed by atoms with Crippen LogP contribution in [-0.4, -0.2) is 39.5 Å². The van der Waals surface area contributed by atoms with E-state index in [1.54, 1.807) is 17.0 Å². The van der Waals surface area contributed by atoms with Crippen LogP contribution in [-0.2, 0) is 27.4 Å². The second-order valence-corrected chi connectivity index (χ2v) is 11.3. The molecule has 7 nitrogen and oxygen atoms in total. The number of nitrogens with zero attached hydrogens (tertiary/aromatic N) is 4. The molecule has 0 saturated heterocycles. The standard InChI is InChI=1S/C31H30Cl2N4O3/c1-20(38)40-19-31(39)36(16-22-8-6-21(14-34)7-9-22)18-25-13-27-26-4-2-3-5-29(26)37(30(27)15-35-25)17-23-12-24(32)10-11-28(23)33/h2-5,10-13,15,21-22H,6-9,16-19H2,1H3. The van der Waals surface area contributed by atoms with Crippen LogP contribution in [0.5, 0.6) is 0 Å². The lowest BCUT2D eigenvalue weighted by atomic mass is 9.82. The van der Waals surface area contributed by atoms with Crippen LogP contribution in [0.15, 0.2) is 54.7 Å². The molecular formula is C31H30Cl2N4O3. The zero-order valence-corrected chi connectivity index (χ0v) is 23.8. The SMILES string of the molecule is CC(=O)OCC(=O)N(Cc1cc2c3ccccc3n(Cc3cc(Cl)ccc3Cl)c2cn1)CC1CCC(C#N)CC1. The summed E-state index contributed by atoms with van der Waals surface area (Å²) in [5, 5.41) is 12.6. The van der Waals surface area contributed by atoms with Crippen LogP contribution in [0.4, 0.5) is 0 Å². The van der Waals surface area contributed by atoms with E-state index in [0.717, 1.165) is 58.7 Å². The van der Waals surface area contributed by atoms with Crippen molar-refractivity contribution in [2.75, 3.05) is 13.2 Å². The van der Waals surface area contributed by atoms with Gasteiger partial charge in [0.25, 0.3) is 5.91 Å². The number of rotatable bonds is 8. The first-order valence-corrected chi connectivity index (χ1v) is 14.2. The quantitative estimate of drug-likeness (QED) is 0.216. The number of nitriles is 1. The molecule has 206 valence electrons. The minimum absolute atomic E-state index is 0.0876. The van der Waals surface area contributed by atoms with Gasteiger partial charge in [-0.3, -0.25) is 14.6 Å². The van der Waals surface area contributed by atoms with Gasteiger partial charge in [0.05, 0.1) is 30.0 Å². The first-order valence-electron chi connectivity index (χ1n) is 13.4. The van der Waals surface area contributed by atoms with E-state index in [-0.39, 0.29) is 18.4 Å². The summed E-state index contributed by atoms with van der Waals surface area (Å²) in [6.45, 7) is 2.36. The van der Waals surface area contributed by atoms with Gasteiger partial charge >= 0.3 is 5.97 Å². The van der Waals surface area contributed by atoms with Crippen molar-refractivity contribution >= 4 is 56.9 Å². The molecular weight excluding hydrogens is 547 g/mol. The third kappa shape index (κ3) is 6.24.